The maximum absolute atomic E-state index is 5.78. The molecule has 0 saturated heterocycles. The van der Waals surface area contributed by atoms with Gasteiger partial charge in [-0.1, -0.05) is 60.7 Å². The largest absolute Gasteiger partial charge is 0.373 e. The summed E-state index contributed by atoms with van der Waals surface area (Å²) in [5.41, 5.74) is 2.41. The molecule has 1 nitrogen and oxygen atoms in total. The van der Waals surface area contributed by atoms with Crippen LogP contribution in [-0.2, 0) is 11.3 Å². The molecular weight excluding hydrogens is 208 g/mol. The van der Waals surface area contributed by atoms with E-state index in [9.17, 15) is 0 Å². The van der Waals surface area contributed by atoms with E-state index in [-0.39, 0.29) is 6.10 Å². The standard InChI is InChI=1S/C16H17O/c1-14(12-15-8-4-2-5-9-15)17-13-16-10-6-3-7-11-16/h2-12,14H,13H2,1H3. The van der Waals surface area contributed by atoms with Crippen LogP contribution < -0.4 is 0 Å². The predicted octanol–water partition coefficient (Wildman–Crippen LogP) is 3.84. The minimum absolute atomic E-state index is 0.123. The minimum Gasteiger partial charge on any atom is -0.373 e. The van der Waals surface area contributed by atoms with E-state index in [0.717, 1.165) is 0 Å². The summed E-state index contributed by atoms with van der Waals surface area (Å²) in [6.45, 7) is 2.72. The van der Waals surface area contributed by atoms with Crippen molar-refractivity contribution >= 4 is 0 Å². The second-order valence-corrected chi connectivity index (χ2v) is 4.08. The molecule has 0 aliphatic carbocycles. The molecule has 0 spiro atoms. The van der Waals surface area contributed by atoms with Gasteiger partial charge < -0.3 is 4.74 Å². The smallest absolute Gasteiger partial charge is 0.0720 e. The molecule has 0 N–H and O–H groups in total. The summed E-state index contributed by atoms with van der Waals surface area (Å²) in [5, 5.41) is 0. The number of hydrogen-bond acceptors (Lipinski definition) is 1. The molecule has 1 heteroatoms. The molecule has 2 aromatic carbocycles. The number of hydrogen-bond donors (Lipinski definition) is 0. The number of rotatable bonds is 5. The Balaban J connectivity index is 1.80. The van der Waals surface area contributed by atoms with Crippen molar-refractivity contribution < 1.29 is 4.74 Å². The van der Waals surface area contributed by atoms with Crippen LogP contribution in [0.3, 0.4) is 0 Å². The number of ether oxygens (including phenoxy) is 1. The van der Waals surface area contributed by atoms with Crippen molar-refractivity contribution in [2.75, 3.05) is 0 Å². The Morgan fingerprint density at radius 3 is 2.18 bits per heavy atom. The van der Waals surface area contributed by atoms with E-state index in [2.05, 4.69) is 37.6 Å². The van der Waals surface area contributed by atoms with Gasteiger partial charge in [0.2, 0.25) is 0 Å². The third-order valence-corrected chi connectivity index (χ3v) is 2.58. The fraction of sp³-hybridized carbons (Fsp3) is 0.188. The monoisotopic (exact) mass is 225 g/mol. The summed E-state index contributed by atoms with van der Waals surface area (Å²) in [4.78, 5) is 0. The molecule has 87 valence electrons. The first kappa shape index (κ1) is 11.9. The zero-order valence-electron chi connectivity index (χ0n) is 10.0. The molecule has 0 amide bonds. The van der Waals surface area contributed by atoms with E-state index in [4.69, 9.17) is 4.74 Å². The quantitative estimate of drug-likeness (QED) is 0.751. The van der Waals surface area contributed by atoms with E-state index in [1.807, 2.05) is 36.4 Å². The van der Waals surface area contributed by atoms with E-state index in [1.165, 1.54) is 11.1 Å². The van der Waals surface area contributed by atoms with Gasteiger partial charge in [0.15, 0.2) is 0 Å². The van der Waals surface area contributed by atoms with Gasteiger partial charge in [0.1, 0.15) is 0 Å². The molecule has 0 saturated carbocycles. The molecule has 0 aliphatic heterocycles. The average Bonchev–Trinajstić information content (AvgIpc) is 2.39. The molecule has 1 unspecified atom stereocenters. The van der Waals surface area contributed by atoms with Gasteiger partial charge in [0, 0.05) is 6.42 Å². The van der Waals surface area contributed by atoms with Gasteiger partial charge in [-0.15, -0.1) is 0 Å². The normalized spacial score (nSPS) is 12.3. The van der Waals surface area contributed by atoms with Crippen molar-refractivity contribution in [3.63, 3.8) is 0 Å². The molecule has 0 aromatic heterocycles. The van der Waals surface area contributed by atoms with Crippen LogP contribution in [0.2, 0.25) is 0 Å². The number of benzene rings is 2. The lowest BCUT2D eigenvalue weighted by molar-refractivity contribution is 0.0759. The summed E-state index contributed by atoms with van der Waals surface area (Å²) in [6.07, 6.45) is 2.25. The average molecular weight is 225 g/mol. The first-order chi connectivity index (χ1) is 8.34. The van der Waals surface area contributed by atoms with Crippen LogP contribution in [0.1, 0.15) is 18.1 Å². The lowest BCUT2D eigenvalue weighted by Gasteiger charge is -2.12. The summed E-state index contributed by atoms with van der Waals surface area (Å²) in [5.74, 6) is 0. The zero-order valence-corrected chi connectivity index (χ0v) is 10.0. The summed E-state index contributed by atoms with van der Waals surface area (Å²) in [6, 6.07) is 20.5. The van der Waals surface area contributed by atoms with Crippen molar-refractivity contribution in [3.8, 4) is 0 Å². The minimum atomic E-state index is 0.123. The Bertz CT molecular complexity index is 422. The third kappa shape index (κ3) is 4.04. The topological polar surface area (TPSA) is 9.23 Å². The maximum atomic E-state index is 5.78. The highest BCUT2D eigenvalue weighted by molar-refractivity contribution is 5.23. The Morgan fingerprint density at radius 1 is 0.941 bits per heavy atom. The van der Waals surface area contributed by atoms with Crippen LogP contribution in [0, 0.1) is 6.42 Å². The van der Waals surface area contributed by atoms with Crippen LogP contribution in [0.5, 0.6) is 0 Å². The van der Waals surface area contributed by atoms with Crippen LogP contribution in [0.15, 0.2) is 60.7 Å². The van der Waals surface area contributed by atoms with Crippen molar-refractivity contribution in [1.29, 1.82) is 0 Å². The van der Waals surface area contributed by atoms with E-state index in [0.29, 0.717) is 6.61 Å². The second-order valence-electron chi connectivity index (χ2n) is 4.08. The molecule has 2 rings (SSSR count). The van der Waals surface area contributed by atoms with E-state index in [1.54, 1.807) is 0 Å². The molecule has 0 heterocycles. The molecule has 1 atom stereocenters. The molecule has 1 radical (unpaired) electrons. The highest BCUT2D eigenvalue weighted by Gasteiger charge is 2.04. The molecule has 2 aromatic rings. The summed E-state index contributed by atoms with van der Waals surface area (Å²) < 4.78 is 5.78. The lowest BCUT2D eigenvalue weighted by Crippen LogP contribution is -2.09. The Labute approximate surface area is 103 Å². The predicted molar refractivity (Wildman–Crippen MR) is 70.5 cm³/mol. The van der Waals surface area contributed by atoms with Crippen LogP contribution in [0.25, 0.3) is 0 Å². The molecular formula is C16H17O. The van der Waals surface area contributed by atoms with Crippen molar-refractivity contribution in [2.45, 2.75) is 19.6 Å². The van der Waals surface area contributed by atoms with Gasteiger partial charge in [0.25, 0.3) is 0 Å². The lowest BCUT2D eigenvalue weighted by atomic mass is 10.1. The molecule has 0 aliphatic rings. The Kier molecular flexibility index (Phi) is 4.34. The van der Waals surface area contributed by atoms with Gasteiger partial charge >= 0.3 is 0 Å². The first-order valence-electron chi connectivity index (χ1n) is 5.90. The summed E-state index contributed by atoms with van der Waals surface area (Å²) >= 11 is 0. The second kappa shape index (κ2) is 6.21. The molecule has 0 bridgehead atoms. The molecule has 17 heavy (non-hydrogen) atoms. The first-order valence-corrected chi connectivity index (χ1v) is 5.90. The third-order valence-electron chi connectivity index (χ3n) is 2.58. The van der Waals surface area contributed by atoms with Gasteiger partial charge in [-0.05, 0) is 18.1 Å². The summed E-state index contributed by atoms with van der Waals surface area (Å²) in [7, 11) is 0. The highest BCUT2D eigenvalue weighted by atomic mass is 16.5. The van der Waals surface area contributed by atoms with Crippen molar-refractivity contribution in [3.05, 3.63) is 78.2 Å². The van der Waals surface area contributed by atoms with Gasteiger partial charge in [-0.25, -0.2) is 0 Å². The zero-order chi connectivity index (χ0) is 11.9. The van der Waals surface area contributed by atoms with Crippen molar-refractivity contribution in [2.24, 2.45) is 0 Å². The SMILES string of the molecule is CC([CH]c1ccccc1)OCc1ccccc1. The van der Waals surface area contributed by atoms with Gasteiger partial charge in [-0.2, -0.15) is 0 Å². The van der Waals surface area contributed by atoms with Crippen LogP contribution in [-0.4, -0.2) is 6.10 Å². The van der Waals surface area contributed by atoms with Gasteiger partial charge in [0.05, 0.1) is 12.7 Å². The van der Waals surface area contributed by atoms with Crippen molar-refractivity contribution in [1.82, 2.24) is 0 Å². The van der Waals surface area contributed by atoms with Crippen LogP contribution >= 0.6 is 0 Å². The van der Waals surface area contributed by atoms with Gasteiger partial charge in [-0.3, -0.25) is 0 Å². The fourth-order valence-electron chi connectivity index (χ4n) is 1.69. The Hall–Kier alpha value is -1.60. The van der Waals surface area contributed by atoms with Crippen LogP contribution in [0.4, 0.5) is 0 Å². The maximum Gasteiger partial charge on any atom is 0.0720 e. The highest BCUT2D eigenvalue weighted by Crippen LogP contribution is 2.10. The van der Waals surface area contributed by atoms with E-state index >= 15 is 0 Å². The molecule has 0 fully saturated rings. The fourth-order valence-corrected chi connectivity index (χ4v) is 1.69. The Morgan fingerprint density at radius 2 is 1.53 bits per heavy atom. The van der Waals surface area contributed by atoms with E-state index < -0.39 is 0 Å².